The van der Waals surface area contributed by atoms with Crippen molar-refractivity contribution >= 4 is 39.3 Å². The van der Waals surface area contributed by atoms with Gasteiger partial charge in [-0.15, -0.1) is 0 Å². The van der Waals surface area contributed by atoms with Crippen molar-refractivity contribution in [2.75, 3.05) is 5.32 Å². The van der Waals surface area contributed by atoms with Crippen LogP contribution in [0.3, 0.4) is 0 Å². The zero-order chi connectivity index (χ0) is 14.0. The number of hydrogen-bond donors (Lipinski definition) is 1. The summed E-state index contributed by atoms with van der Waals surface area (Å²) >= 11 is 8.80. The van der Waals surface area contributed by atoms with E-state index >= 15 is 0 Å². The van der Waals surface area contributed by atoms with E-state index in [1.54, 1.807) is 19.1 Å². The van der Waals surface area contributed by atoms with Crippen molar-refractivity contribution in [1.29, 1.82) is 0 Å². The molecular formula is C12H8BrClFN3O. The molecule has 0 saturated heterocycles. The van der Waals surface area contributed by atoms with Gasteiger partial charge in [0, 0.05) is 16.2 Å². The lowest BCUT2D eigenvalue weighted by Crippen LogP contribution is -2.15. The van der Waals surface area contributed by atoms with Gasteiger partial charge in [0.1, 0.15) is 11.6 Å². The lowest BCUT2D eigenvalue weighted by molar-refractivity contribution is 0.102. The number of rotatable bonds is 2. The summed E-state index contributed by atoms with van der Waals surface area (Å²) in [5, 5.41) is 2.49. The molecule has 4 nitrogen and oxygen atoms in total. The minimum Gasteiger partial charge on any atom is -0.306 e. The first-order valence-corrected chi connectivity index (χ1v) is 6.40. The molecule has 0 saturated carbocycles. The van der Waals surface area contributed by atoms with Crippen LogP contribution in [0.2, 0.25) is 5.28 Å². The number of nitrogens with zero attached hydrogens (tertiary/aromatic N) is 2. The van der Waals surface area contributed by atoms with E-state index in [0.29, 0.717) is 10.2 Å². The smallest absolute Gasteiger partial charge is 0.259 e. The Hall–Kier alpha value is -1.53. The Bertz CT molecular complexity index is 631. The van der Waals surface area contributed by atoms with E-state index in [9.17, 15) is 9.18 Å². The highest BCUT2D eigenvalue weighted by Crippen LogP contribution is 2.17. The van der Waals surface area contributed by atoms with Gasteiger partial charge >= 0.3 is 0 Å². The van der Waals surface area contributed by atoms with Crippen molar-refractivity contribution in [3.05, 3.63) is 51.1 Å². The summed E-state index contributed by atoms with van der Waals surface area (Å²) < 4.78 is 14.2. The van der Waals surface area contributed by atoms with Gasteiger partial charge in [-0.25, -0.2) is 14.4 Å². The third-order valence-corrected chi connectivity index (χ3v) is 2.91. The number of halogens is 3. The van der Waals surface area contributed by atoms with Crippen LogP contribution >= 0.6 is 27.5 Å². The van der Waals surface area contributed by atoms with E-state index in [4.69, 9.17) is 11.6 Å². The molecule has 0 fully saturated rings. The second-order valence-electron chi connectivity index (χ2n) is 3.74. The predicted molar refractivity (Wildman–Crippen MR) is 73.8 cm³/mol. The Kier molecular flexibility index (Phi) is 4.11. The molecule has 0 unspecified atom stereocenters. The maximum absolute atomic E-state index is 13.6. The van der Waals surface area contributed by atoms with E-state index in [2.05, 4.69) is 31.2 Å². The monoisotopic (exact) mass is 343 g/mol. The van der Waals surface area contributed by atoms with Crippen LogP contribution in [-0.2, 0) is 0 Å². The summed E-state index contributed by atoms with van der Waals surface area (Å²) in [6.07, 6.45) is 0. The van der Waals surface area contributed by atoms with Crippen molar-refractivity contribution < 1.29 is 9.18 Å². The van der Waals surface area contributed by atoms with Gasteiger partial charge in [0.15, 0.2) is 0 Å². The van der Waals surface area contributed by atoms with Gasteiger partial charge in [-0.05, 0) is 36.7 Å². The predicted octanol–water partition coefficient (Wildman–Crippen LogP) is 3.59. The van der Waals surface area contributed by atoms with Gasteiger partial charge in [-0.2, -0.15) is 0 Å². The minimum atomic E-state index is -0.622. The maximum atomic E-state index is 13.6. The summed E-state index contributed by atoms with van der Waals surface area (Å²) in [4.78, 5) is 19.6. The number of anilines is 1. The fourth-order valence-electron chi connectivity index (χ4n) is 1.45. The Morgan fingerprint density at radius 1 is 1.37 bits per heavy atom. The van der Waals surface area contributed by atoms with E-state index < -0.39 is 11.7 Å². The molecule has 0 aliphatic carbocycles. The van der Waals surface area contributed by atoms with E-state index in [1.165, 1.54) is 12.1 Å². The van der Waals surface area contributed by atoms with Crippen LogP contribution in [0.5, 0.6) is 0 Å². The number of carbonyl (C=O) groups is 1. The van der Waals surface area contributed by atoms with Crippen molar-refractivity contribution in [3.63, 3.8) is 0 Å². The van der Waals surface area contributed by atoms with Gasteiger partial charge in [0.2, 0.25) is 5.28 Å². The lowest BCUT2D eigenvalue weighted by Gasteiger charge is -2.06. The number of benzene rings is 1. The van der Waals surface area contributed by atoms with E-state index in [1.807, 2.05) is 0 Å². The summed E-state index contributed by atoms with van der Waals surface area (Å²) in [7, 11) is 0. The normalized spacial score (nSPS) is 10.3. The fourth-order valence-corrected chi connectivity index (χ4v) is 2.01. The quantitative estimate of drug-likeness (QED) is 0.847. The van der Waals surface area contributed by atoms with Crippen LogP contribution in [0.15, 0.2) is 28.7 Å². The van der Waals surface area contributed by atoms with Crippen molar-refractivity contribution in [1.82, 2.24) is 9.97 Å². The third kappa shape index (κ3) is 3.48. The third-order valence-electron chi connectivity index (χ3n) is 2.24. The molecule has 1 N–H and O–H groups in total. The highest BCUT2D eigenvalue weighted by atomic mass is 79.9. The standard InChI is InChI=1S/C12H8BrClFN3O/c1-6-4-10(18-12(14)16-6)17-11(19)8-3-2-7(13)5-9(8)15/h2-5H,1H3,(H,16,17,18,19). The van der Waals surface area contributed by atoms with Gasteiger partial charge < -0.3 is 5.32 Å². The number of carbonyl (C=O) groups excluding carboxylic acids is 1. The highest BCUT2D eigenvalue weighted by Gasteiger charge is 2.13. The molecule has 0 spiro atoms. The molecule has 0 atom stereocenters. The van der Waals surface area contributed by atoms with E-state index in [-0.39, 0.29) is 16.7 Å². The van der Waals surface area contributed by atoms with Crippen LogP contribution in [0.4, 0.5) is 10.2 Å². The van der Waals surface area contributed by atoms with Crippen molar-refractivity contribution in [2.45, 2.75) is 6.92 Å². The molecular weight excluding hydrogens is 337 g/mol. The second-order valence-corrected chi connectivity index (χ2v) is 5.00. The highest BCUT2D eigenvalue weighted by molar-refractivity contribution is 9.10. The first-order chi connectivity index (χ1) is 8.95. The molecule has 1 aromatic heterocycles. The lowest BCUT2D eigenvalue weighted by atomic mass is 10.2. The Morgan fingerprint density at radius 2 is 2.11 bits per heavy atom. The summed E-state index contributed by atoms with van der Waals surface area (Å²) in [6.45, 7) is 1.71. The SMILES string of the molecule is Cc1cc(NC(=O)c2ccc(Br)cc2F)nc(Cl)n1. The number of aromatic nitrogens is 2. The summed E-state index contributed by atoms with van der Waals surface area (Å²) in [6, 6.07) is 5.72. The second kappa shape index (κ2) is 5.63. The van der Waals surface area contributed by atoms with Gasteiger partial charge in [-0.3, -0.25) is 4.79 Å². The molecule has 98 valence electrons. The van der Waals surface area contributed by atoms with E-state index in [0.717, 1.165) is 0 Å². The molecule has 1 aromatic carbocycles. The molecule has 19 heavy (non-hydrogen) atoms. The van der Waals surface area contributed by atoms with Crippen LogP contribution in [0, 0.1) is 12.7 Å². The Labute approximate surface area is 122 Å². The van der Waals surface area contributed by atoms with Crippen LogP contribution in [0.25, 0.3) is 0 Å². The molecule has 1 heterocycles. The molecule has 2 aromatic rings. The van der Waals surface area contributed by atoms with Crippen LogP contribution < -0.4 is 5.32 Å². The molecule has 2 rings (SSSR count). The fraction of sp³-hybridized carbons (Fsp3) is 0.0833. The molecule has 0 aliphatic rings. The summed E-state index contributed by atoms with van der Waals surface area (Å²) in [5.74, 6) is -0.993. The largest absolute Gasteiger partial charge is 0.306 e. The first-order valence-electron chi connectivity index (χ1n) is 5.23. The Balaban J connectivity index is 2.25. The van der Waals surface area contributed by atoms with Gasteiger partial charge in [0.25, 0.3) is 5.91 Å². The molecule has 7 heteroatoms. The number of amides is 1. The number of nitrogens with one attached hydrogen (secondary N) is 1. The van der Waals surface area contributed by atoms with Crippen molar-refractivity contribution in [3.8, 4) is 0 Å². The summed E-state index contributed by atoms with van der Waals surface area (Å²) in [5.41, 5.74) is 0.530. The minimum absolute atomic E-state index is 0.0200. The number of hydrogen-bond acceptors (Lipinski definition) is 3. The molecule has 1 amide bonds. The molecule has 0 aliphatic heterocycles. The molecule has 0 bridgehead atoms. The van der Waals surface area contributed by atoms with Crippen LogP contribution in [0.1, 0.15) is 16.1 Å². The first kappa shape index (κ1) is 13.9. The van der Waals surface area contributed by atoms with Crippen molar-refractivity contribution in [2.24, 2.45) is 0 Å². The average molecular weight is 345 g/mol. The zero-order valence-electron chi connectivity index (χ0n) is 9.75. The Morgan fingerprint density at radius 3 is 2.74 bits per heavy atom. The van der Waals surface area contributed by atoms with Gasteiger partial charge in [0.05, 0.1) is 5.56 Å². The zero-order valence-corrected chi connectivity index (χ0v) is 12.1. The maximum Gasteiger partial charge on any atom is 0.259 e. The van der Waals surface area contributed by atoms with Gasteiger partial charge in [-0.1, -0.05) is 15.9 Å². The van der Waals surface area contributed by atoms with Crippen LogP contribution in [-0.4, -0.2) is 15.9 Å². The number of aryl methyl sites for hydroxylation is 1. The topological polar surface area (TPSA) is 54.9 Å². The molecule has 0 radical (unpaired) electrons. The average Bonchev–Trinajstić information content (AvgIpc) is 2.26.